The molecular weight excluding hydrogens is 238 g/mol. The Balaban J connectivity index is 1.79. The van der Waals surface area contributed by atoms with Crippen LogP contribution in [0, 0.1) is 0 Å². The smallest absolute Gasteiger partial charge is 0.336 e. The molecule has 1 fully saturated rings. The average molecular weight is 255 g/mol. The fourth-order valence-corrected chi connectivity index (χ4v) is 3.04. The second kappa shape index (κ2) is 5.16. The molecule has 5 heteroatoms. The quantitative estimate of drug-likeness (QED) is 0.751. The Hall–Kier alpha value is -0.910. The number of thiophene rings is 1. The maximum Gasteiger partial charge on any atom is 0.336 e. The summed E-state index contributed by atoms with van der Waals surface area (Å²) in [5.41, 5.74) is -0.209. The van der Waals surface area contributed by atoms with E-state index in [1.165, 1.54) is 11.3 Å². The van der Waals surface area contributed by atoms with E-state index in [0.717, 1.165) is 30.6 Å². The molecule has 0 atom stereocenters. The minimum absolute atomic E-state index is 0.339. The first-order valence-corrected chi connectivity index (χ1v) is 6.71. The lowest BCUT2D eigenvalue weighted by atomic mass is 10.0. The minimum atomic E-state index is -0.887. The lowest BCUT2D eigenvalue weighted by Gasteiger charge is -2.22. The summed E-state index contributed by atoms with van der Waals surface area (Å²) in [6, 6.07) is 1.68. The van der Waals surface area contributed by atoms with Crippen LogP contribution in [-0.2, 0) is 6.54 Å². The number of hydrogen-bond acceptors (Lipinski definition) is 4. The van der Waals surface area contributed by atoms with Crippen molar-refractivity contribution in [2.24, 2.45) is 0 Å². The molecule has 17 heavy (non-hydrogen) atoms. The fraction of sp³-hybridized carbons (Fsp3) is 0.583. The third kappa shape index (κ3) is 3.28. The number of nitrogens with one attached hydrogen (secondary N) is 1. The molecule has 0 radical (unpaired) electrons. The Morgan fingerprint density at radius 3 is 2.76 bits per heavy atom. The molecule has 0 bridgehead atoms. The lowest BCUT2D eigenvalue weighted by molar-refractivity contribution is 0.0475. The molecule has 0 unspecified atom stereocenters. The zero-order valence-electron chi connectivity index (χ0n) is 9.61. The zero-order valence-corrected chi connectivity index (χ0v) is 10.4. The van der Waals surface area contributed by atoms with Crippen molar-refractivity contribution in [1.82, 2.24) is 5.32 Å². The standard InChI is InChI=1S/C12H17NO3S/c14-11(15)9-5-10(17-7-9)6-13-8-12(16)3-1-2-4-12/h5,7,13,16H,1-4,6,8H2,(H,14,15). The van der Waals surface area contributed by atoms with Gasteiger partial charge in [0.2, 0.25) is 0 Å². The van der Waals surface area contributed by atoms with E-state index in [9.17, 15) is 9.90 Å². The summed E-state index contributed by atoms with van der Waals surface area (Å²) >= 11 is 1.43. The predicted molar refractivity (Wildman–Crippen MR) is 66.4 cm³/mol. The maximum atomic E-state index is 10.7. The molecule has 1 aromatic heterocycles. The topological polar surface area (TPSA) is 69.6 Å². The lowest BCUT2D eigenvalue weighted by Crippen LogP contribution is -2.37. The first-order chi connectivity index (χ1) is 8.09. The molecule has 0 saturated heterocycles. The van der Waals surface area contributed by atoms with Gasteiger partial charge in [-0.3, -0.25) is 0 Å². The van der Waals surface area contributed by atoms with Crippen LogP contribution < -0.4 is 5.32 Å². The van der Waals surface area contributed by atoms with Gasteiger partial charge in [-0.05, 0) is 18.9 Å². The number of rotatable bonds is 5. The summed E-state index contributed by atoms with van der Waals surface area (Å²) < 4.78 is 0. The van der Waals surface area contributed by atoms with Gasteiger partial charge in [0.15, 0.2) is 0 Å². The van der Waals surface area contributed by atoms with Gasteiger partial charge in [-0.15, -0.1) is 11.3 Å². The van der Waals surface area contributed by atoms with Gasteiger partial charge >= 0.3 is 5.97 Å². The largest absolute Gasteiger partial charge is 0.478 e. The van der Waals surface area contributed by atoms with Gasteiger partial charge in [0.05, 0.1) is 11.2 Å². The van der Waals surface area contributed by atoms with E-state index in [1.807, 2.05) is 0 Å². The van der Waals surface area contributed by atoms with Crippen LogP contribution in [-0.4, -0.2) is 28.3 Å². The second-order valence-electron chi connectivity index (χ2n) is 4.64. The van der Waals surface area contributed by atoms with E-state index in [4.69, 9.17) is 5.11 Å². The van der Waals surface area contributed by atoms with Crippen LogP contribution in [0.2, 0.25) is 0 Å². The molecule has 94 valence electrons. The molecular formula is C12H17NO3S. The van der Waals surface area contributed by atoms with E-state index in [2.05, 4.69) is 5.32 Å². The molecule has 0 aromatic carbocycles. The van der Waals surface area contributed by atoms with Crippen molar-refractivity contribution in [2.75, 3.05) is 6.54 Å². The fourth-order valence-electron chi connectivity index (χ4n) is 2.21. The van der Waals surface area contributed by atoms with Crippen LogP contribution in [0.15, 0.2) is 11.4 Å². The van der Waals surface area contributed by atoms with Gasteiger partial charge in [0.25, 0.3) is 0 Å². The summed E-state index contributed by atoms with van der Waals surface area (Å²) in [7, 11) is 0. The normalized spacial score (nSPS) is 18.4. The van der Waals surface area contributed by atoms with Crippen LogP contribution in [0.25, 0.3) is 0 Å². The number of carboxylic acid groups (broad SMARTS) is 1. The van der Waals surface area contributed by atoms with E-state index >= 15 is 0 Å². The number of carboxylic acids is 1. The highest BCUT2D eigenvalue weighted by molar-refractivity contribution is 7.10. The first-order valence-electron chi connectivity index (χ1n) is 5.83. The van der Waals surface area contributed by atoms with Crippen LogP contribution >= 0.6 is 11.3 Å². The molecule has 2 rings (SSSR count). The van der Waals surface area contributed by atoms with Crippen molar-refractivity contribution in [3.8, 4) is 0 Å². The van der Waals surface area contributed by atoms with E-state index in [-0.39, 0.29) is 0 Å². The van der Waals surface area contributed by atoms with Crippen molar-refractivity contribution in [3.63, 3.8) is 0 Å². The van der Waals surface area contributed by atoms with Crippen LogP contribution in [0.3, 0.4) is 0 Å². The monoisotopic (exact) mass is 255 g/mol. The van der Waals surface area contributed by atoms with Crippen molar-refractivity contribution >= 4 is 17.3 Å². The van der Waals surface area contributed by atoms with Crippen molar-refractivity contribution in [1.29, 1.82) is 0 Å². The number of carbonyl (C=O) groups is 1. The van der Waals surface area contributed by atoms with Gasteiger partial charge in [-0.1, -0.05) is 12.8 Å². The number of aromatic carboxylic acids is 1. The van der Waals surface area contributed by atoms with Gasteiger partial charge in [0, 0.05) is 23.3 Å². The average Bonchev–Trinajstić information content (AvgIpc) is 2.88. The molecule has 1 aliphatic carbocycles. The van der Waals surface area contributed by atoms with Crippen LogP contribution in [0.5, 0.6) is 0 Å². The molecule has 1 aliphatic rings. The van der Waals surface area contributed by atoms with Crippen LogP contribution in [0.4, 0.5) is 0 Å². The molecule has 4 nitrogen and oxygen atoms in total. The highest BCUT2D eigenvalue weighted by Gasteiger charge is 2.30. The highest BCUT2D eigenvalue weighted by atomic mass is 32.1. The van der Waals surface area contributed by atoms with Gasteiger partial charge in [0.1, 0.15) is 0 Å². The molecule has 0 amide bonds. The molecule has 0 aliphatic heterocycles. The minimum Gasteiger partial charge on any atom is -0.478 e. The summed E-state index contributed by atoms with van der Waals surface area (Å²) in [6.45, 7) is 1.22. The van der Waals surface area contributed by atoms with Crippen molar-refractivity contribution < 1.29 is 15.0 Å². The molecule has 3 N–H and O–H groups in total. The van der Waals surface area contributed by atoms with Gasteiger partial charge < -0.3 is 15.5 Å². The van der Waals surface area contributed by atoms with E-state index < -0.39 is 11.6 Å². The number of hydrogen-bond donors (Lipinski definition) is 3. The summed E-state index contributed by atoms with van der Waals surface area (Å²) in [4.78, 5) is 11.7. The number of aliphatic hydroxyl groups is 1. The summed E-state index contributed by atoms with van der Waals surface area (Å²) in [5.74, 6) is -0.887. The molecule has 0 spiro atoms. The Morgan fingerprint density at radius 1 is 1.47 bits per heavy atom. The first kappa shape index (κ1) is 12.5. The summed E-state index contributed by atoms with van der Waals surface area (Å²) in [5, 5.41) is 23.7. The zero-order chi connectivity index (χ0) is 12.3. The van der Waals surface area contributed by atoms with Crippen molar-refractivity contribution in [2.45, 2.75) is 37.8 Å². The van der Waals surface area contributed by atoms with Gasteiger partial charge in [-0.2, -0.15) is 0 Å². The Kier molecular flexibility index (Phi) is 3.81. The maximum absolute atomic E-state index is 10.7. The molecule has 1 heterocycles. The predicted octanol–water partition coefficient (Wildman–Crippen LogP) is 1.84. The van der Waals surface area contributed by atoms with E-state index in [0.29, 0.717) is 18.7 Å². The van der Waals surface area contributed by atoms with Crippen LogP contribution in [0.1, 0.15) is 40.9 Å². The van der Waals surface area contributed by atoms with Gasteiger partial charge in [-0.25, -0.2) is 4.79 Å². The Morgan fingerprint density at radius 2 is 2.18 bits per heavy atom. The summed E-state index contributed by atoms with van der Waals surface area (Å²) in [6.07, 6.45) is 3.93. The SMILES string of the molecule is O=C(O)c1csc(CNCC2(O)CCCC2)c1. The molecule has 1 aromatic rings. The third-order valence-corrected chi connectivity index (χ3v) is 4.12. The second-order valence-corrected chi connectivity index (χ2v) is 5.64. The third-order valence-electron chi connectivity index (χ3n) is 3.19. The van der Waals surface area contributed by atoms with E-state index in [1.54, 1.807) is 11.4 Å². The molecule has 1 saturated carbocycles. The highest BCUT2D eigenvalue weighted by Crippen LogP contribution is 2.28. The Labute approximate surface area is 104 Å². The van der Waals surface area contributed by atoms with Crippen molar-refractivity contribution in [3.05, 3.63) is 21.9 Å². The Bertz CT molecular complexity index is 396.